The topological polar surface area (TPSA) is 55.8 Å². The van der Waals surface area contributed by atoms with Gasteiger partial charge in [-0.25, -0.2) is 8.42 Å². The van der Waals surface area contributed by atoms with E-state index in [0.29, 0.717) is 19.0 Å². The zero-order valence-corrected chi connectivity index (χ0v) is 13.6. The summed E-state index contributed by atoms with van der Waals surface area (Å²) in [6, 6.07) is 6.58. The number of benzene rings is 1. The molecule has 1 heterocycles. The second kappa shape index (κ2) is 6.34. The molecule has 0 radical (unpaired) electrons. The fourth-order valence-corrected chi connectivity index (χ4v) is 3.84. The van der Waals surface area contributed by atoms with Crippen LogP contribution < -0.4 is 4.74 Å². The Balaban J connectivity index is 2.14. The Bertz CT molecular complexity index is 566. The lowest BCUT2D eigenvalue weighted by Crippen LogP contribution is -2.44. The minimum atomic E-state index is -3.54. The van der Waals surface area contributed by atoms with Crippen molar-refractivity contribution < 1.29 is 17.9 Å². The normalized spacial score (nSPS) is 18.8. The SMILES string of the molecule is CCCCOc1ccc(S(=O)(=O)N2COCC2(C)C)cc1. The molecule has 6 heteroatoms. The lowest BCUT2D eigenvalue weighted by molar-refractivity contribution is 0.171. The van der Waals surface area contributed by atoms with Crippen LogP contribution in [0.1, 0.15) is 33.6 Å². The van der Waals surface area contributed by atoms with Crippen LogP contribution in [-0.4, -0.2) is 38.2 Å². The van der Waals surface area contributed by atoms with Gasteiger partial charge in [0.05, 0.1) is 23.6 Å². The molecule has 21 heavy (non-hydrogen) atoms. The maximum absolute atomic E-state index is 12.6. The van der Waals surface area contributed by atoms with Gasteiger partial charge < -0.3 is 9.47 Å². The van der Waals surface area contributed by atoms with Crippen LogP contribution in [0.3, 0.4) is 0 Å². The van der Waals surface area contributed by atoms with Crippen molar-refractivity contribution >= 4 is 10.0 Å². The summed E-state index contributed by atoms with van der Waals surface area (Å²) in [4.78, 5) is 0.268. The summed E-state index contributed by atoms with van der Waals surface area (Å²) in [6.07, 6.45) is 2.05. The molecule has 0 unspecified atom stereocenters. The van der Waals surface area contributed by atoms with Crippen LogP contribution in [0.2, 0.25) is 0 Å². The van der Waals surface area contributed by atoms with E-state index in [1.54, 1.807) is 24.3 Å². The van der Waals surface area contributed by atoms with E-state index in [0.717, 1.165) is 12.8 Å². The van der Waals surface area contributed by atoms with Crippen molar-refractivity contribution in [1.29, 1.82) is 0 Å². The molecule has 0 N–H and O–H groups in total. The van der Waals surface area contributed by atoms with E-state index in [1.807, 2.05) is 13.8 Å². The van der Waals surface area contributed by atoms with Crippen LogP contribution in [-0.2, 0) is 14.8 Å². The van der Waals surface area contributed by atoms with Gasteiger partial charge in [0, 0.05) is 0 Å². The van der Waals surface area contributed by atoms with E-state index < -0.39 is 15.6 Å². The molecule has 5 nitrogen and oxygen atoms in total. The Hall–Kier alpha value is -1.11. The van der Waals surface area contributed by atoms with Crippen molar-refractivity contribution in [2.75, 3.05) is 19.9 Å². The van der Waals surface area contributed by atoms with Crippen molar-refractivity contribution in [2.24, 2.45) is 0 Å². The fourth-order valence-electron chi connectivity index (χ4n) is 2.19. The highest BCUT2D eigenvalue weighted by molar-refractivity contribution is 7.89. The van der Waals surface area contributed by atoms with Gasteiger partial charge in [-0.1, -0.05) is 13.3 Å². The molecule has 0 amide bonds. The second-order valence-electron chi connectivity index (χ2n) is 5.82. The summed E-state index contributed by atoms with van der Waals surface area (Å²) in [7, 11) is -3.54. The van der Waals surface area contributed by atoms with E-state index in [4.69, 9.17) is 9.47 Å². The third-order valence-electron chi connectivity index (χ3n) is 3.52. The molecule has 0 aromatic heterocycles. The average Bonchev–Trinajstić information content (AvgIpc) is 2.80. The zero-order valence-electron chi connectivity index (χ0n) is 12.8. The Labute approximate surface area is 126 Å². The Morgan fingerprint density at radius 3 is 2.48 bits per heavy atom. The molecule has 1 aliphatic heterocycles. The van der Waals surface area contributed by atoms with Gasteiger partial charge in [0.1, 0.15) is 12.5 Å². The number of nitrogens with zero attached hydrogens (tertiary/aromatic N) is 1. The molecule has 1 fully saturated rings. The predicted octanol–water partition coefficient (Wildman–Crippen LogP) is 2.62. The Morgan fingerprint density at radius 1 is 1.29 bits per heavy atom. The van der Waals surface area contributed by atoms with Gasteiger partial charge in [-0.3, -0.25) is 0 Å². The van der Waals surface area contributed by atoms with Crippen LogP contribution >= 0.6 is 0 Å². The van der Waals surface area contributed by atoms with Crippen molar-refractivity contribution in [1.82, 2.24) is 4.31 Å². The van der Waals surface area contributed by atoms with Gasteiger partial charge in [0.15, 0.2) is 0 Å². The third-order valence-corrected chi connectivity index (χ3v) is 5.57. The predicted molar refractivity (Wildman–Crippen MR) is 80.8 cm³/mol. The molecule has 1 aromatic rings. The molecule has 0 bridgehead atoms. The average molecular weight is 313 g/mol. The van der Waals surface area contributed by atoms with Crippen molar-refractivity contribution in [3.63, 3.8) is 0 Å². The first-order valence-corrected chi connectivity index (χ1v) is 8.65. The first-order valence-electron chi connectivity index (χ1n) is 7.21. The fraction of sp³-hybridized carbons (Fsp3) is 0.600. The monoisotopic (exact) mass is 313 g/mol. The molecule has 1 aliphatic rings. The molecular formula is C15H23NO4S. The molecule has 0 aliphatic carbocycles. The molecule has 1 saturated heterocycles. The smallest absolute Gasteiger partial charge is 0.245 e. The lowest BCUT2D eigenvalue weighted by Gasteiger charge is -2.28. The number of ether oxygens (including phenoxy) is 2. The molecule has 0 spiro atoms. The zero-order chi connectivity index (χ0) is 15.5. The van der Waals surface area contributed by atoms with E-state index in [2.05, 4.69) is 6.92 Å². The lowest BCUT2D eigenvalue weighted by atomic mass is 10.1. The Kier molecular flexibility index (Phi) is 4.91. The van der Waals surface area contributed by atoms with Crippen molar-refractivity contribution in [3.8, 4) is 5.75 Å². The number of rotatable bonds is 6. The number of hydrogen-bond donors (Lipinski definition) is 0. The van der Waals surface area contributed by atoms with E-state index in [-0.39, 0.29) is 11.6 Å². The Morgan fingerprint density at radius 2 is 1.95 bits per heavy atom. The van der Waals surface area contributed by atoms with Gasteiger partial charge in [0.25, 0.3) is 0 Å². The van der Waals surface area contributed by atoms with E-state index in [1.165, 1.54) is 4.31 Å². The first-order chi connectivity index (χ1) is 9.88. The third kappa shape index (κ3) is 3.56. The minimum Gasteiger partial charge on any atom is -0.494 e. The molecule has 2 rings (SSSR count). The summed E-state index contributed by atoms with van der Waals surface area (Å²) in [5, 5.41) is 0. The summed E-state index contributed by atoms with van der Waals surface area (Å²) in [5.74, 6) is 0.694. The molecule has 0 saturated carbocycles. The standard InChI is InChI=1S/C15H23NO4S/c1-4-5-10-20-13-6-8-14(9-7-13)21(17,18)16-12-19-11-15(16,2)3/h6-9H,4-5,10-12H2,1-3H3. The summed E-state index contributed by atoms with van der Waals surface area (Å²) < 4.78 is 37.5. The largest absolute Gasteiger partial charge is 0.494 e. The molecule has 118 valence electrons. The number of unbranched alkanes of at least 4 members (excludes halogenated alkanes) is 1. The maximum atomic E-state index is 12.6. The summed E-state index contributed by atoms with van der Waals surface area (Å²) in [5.41, 5.74) is -0.519. The highest BCUT2D eigenvalue weighted by atomic mass is 32.2. The summed E-state index contributed by atoms with van der Waals surface area (Å²) in [6.45, 7) is 6.97. The minimum absolute atomic E-state index is 0.101. The number of hydrogen-bond acceptors (Lipinski definition) is 4. The highest BCUT2D eigenvalue weighted by Gasteiger charge is 2.41. The van der Waals surface area contributed by atoms with Crippen molar-refractivity contribution in [3.05, 3.63) is 24.3 Å². The van der Waals surface area contributed by atoms with Gasteiger partial charge in [-0.05, 0) is 44.5 Å². The quantitative estimate of drug-likeness (QED) is 0.758. The van der Waals surface area contributed by atoms with Crippen LogP contribution in [0.25, 0.3) is 0 Å². The second-order valence-corrected chi connectivity index (χ2v) is 7.68. The van der Waals surface area contributed by atoms with Crippen LogP contribution in [0.5, 0.6) is 5.75 Å². The molecular weight excluding hydrogens is 290 g/mol. The van der Waals surface area contributed by atoms with Crippen molar-refractivity contribution in [2.45, 2.75) is 44.0 Å². The van der Waals surface area contributed by atoms with E-state index in [9.17, 15) is 8.42 Å². The van der Waals surface area contributed by atoms with Gasteiger partial charge >= 0.3 is 0 Å². The van der Waals surface area contributed by atoms with Gasteiger partial charge in [-0.15, -0.1) is 0 Å². The first kappa shape index (κ1) is 16.3. The van der Waals surface area contributed by atoms with Gasteiger partial charge in [-0.2, -0.15) is 4.31 Å². The van der Waals surface area contributed by atoms with Crippen LogP contribution in [0.4, 0.5) is 0 Å². The molecule has 1 aromatic carbocycles. The van der Waals surface area contributed by atoms with Crippen LogP contribution in [0, 0.1) is 0 Å². The van der Waals surface area contributed by atoms with E-state index >= 15 is 0 Å². The maximum Gasteiger partial charge on any atom is 0.245 e. The van der Waals surface area contributed by atoms with Gasteiger partial charge in [0.2, 0.25) is 10.0 Å². The molecule has 0 atom stereocenters. The van der Waals surface area contributed by atoms with Crippen LogP contribution in [0.15, 0.2) is 29.2 Å². The summed E-state index contributed by atoms with van der Waals surface area (Å²) >= 11 is 0. The highest BCUT2D eigenvalue weighted by Crippen LogP contribution is 2.29. The number of sulfonamides is 1.